The summed E-state index contributed by atoms with van der Waals surface area (Å²) in [5, 5.41) is 8.65. The number of para-hydroxylation sites is 1. The van der Waals surface area contributed by atoms with Crippen molar-refractivity contribution in [2.75, 3.05) is 0 Å². The van der Waals surface area contributed by atoms with Gasteiger partial charge in [-0.3, -0.25) is 9.59 Å². The van der Waals surface area contributed by atoms with Gasteiger partial charge in [-0.1, -0.05) is 24.3 Å². The van der Waals surface area contributed by atoms with Crippen LogP contribution in [-0.2, 0) is 6.54 Å². The molecule has 2 N–H and O–H groups in total. The number of carbonyl (C=O) groups is 1. The molecule has 0 saturated carbocycles. The number of ether oxygens (including phenoxy) is 1. The molecular weight excluding hydrogens is 320 g/mol. The maximum absolute atomic E-state index is 12.1. The predicted octanol–water partition coefficient (Wildman–Crippen LogP) is 2.20. The quantitative estimate of drug-likeness (QED) is 0.744. The van der Waals surface area contributed by atoms with Crippen molar-refractivity contribution in [3.05, 3.63) is 81.9 Å². The van der Waals surface area contributed by atoms with E-state index >= 15 is 0 Å². The van der Waals surface area contributed by atoms with Crippen LogP contribution < -0.4 is 15.6 Å². The highest BCUT2D eigenvalue weighted by Crippen LogP contribution is 2.25. The van der Waals surface area contributed by atoms with Gasteiger partial charge in [-0.15, -0.1) is 0 Å². The highest BCUT2D eigenvalue weighted by Gasteiger charge is 2.11. The highest BCUT2D eigenvalue weighted by atomic mass is 16.5. The second-order valence-corrected chi connectivity index (χ2v) is 5.32. The zero-order chi connectivity index (χ0) is 17.6. The Labute approximate surface area is 143 Å². The number of aromatic amines is 1. The second kappa shape index (κ2) is 7.39. The first-order chi connectivity index (χ1) is 12.1. The van der Waals surface area contributed by atoms with Crippen molar-refractivity contribution < 1.29 is 9.53 Å². The van der Waals surface area contributed by atoms with Gasteiger partial charge in [0.25, 0.3) is 11.5 Å². The number of carbonyl (C=O) groups excluding carboxylic acids is 1. The molecule has 0 aliphatic heterocycles. The van der Waals surface area contributed by atoms with Crippen LogP contribution in [0.2, 0.25) is 0 Å². The Bertz CT molecular complexity index is 932. The topological polar surface area (TPSA) is 97.0 Å². The molecule has 3 aromatic rings. The Kier molecular flexibility index (Phi) is 4.84. The number of nitrogens with one attached hydrogen (secondary N) is 2. The number of pyridine rings is 1. The van der Waals surface area contributed by atoms with E-state index in [0.29, 0.717) is 11.6 Å². The van der Waals surface area contributed by atoms with Crippen LogP contribution in [0.1, 0.15) is 21.6 Å². The number of aryl methyl sites for hydroxylation is 1. The Morgan fingerprint density at radius 3 is 2.76 bits per heavy atom. The summed E-state index contributed by atoms with van der Waals surface area (Å²) < 4.78 is 5.87. The van der Waals surface area contributed by atoms with Gasteiger partial charge in [0, 0.05) is 24.4 Å². The van der Waals surface area contributed by atoms with Crippen molar-refractivity contribution in [3.63, 3.8) is 0 Å². The number of H-pyrrole nitrogens is 1. The Hall–Kier alpha value is -3.48. The summed E-state index contributed by atoms with van der Waals surface area (Å²) in [5.41, 5.74) is 1.48. The lowest BCUT2D eigenvalue weighted by Gasteiger charge is -2.12. The fraction of sp³-hybridized carbons (Fsp3) is 0.111. The Balaban J connectivity index is 1.73. The molecule has 25 heavy (non-hydrogen) atoms. The van der Waals surface area contributed by atoms with E-state index in [4.69, 9.17) is 4.74 Å². The second-order valence-electron chi connectivity index (χ2n) is 5.32. The van der Waals surface area contributed by atoms with Gasteiger partial charge >= 0.3 is 0 Å². The van der Waals surface area contributed by atoms with Crippen LogP contribution in [0.5, 0.6) is 11.6 Å². The van der Waals surface area contributed by atoms with E-state index in [1.807, 2.05) is 37.3 Å². The smallest absolute Gasteiger partial charge is 0.271 e. The van der Waals surface area contributed by atoms with E-state index in [1.165, 1.54) is 12.1 Å². The summed E-state index contributed by atoms with van der Waals surface area (Å²) in [6.45, 7) is 2.16. The Morgan fingerprint density at radius 1 is 1.16 bits per heavy atom. The zero-order valence-electron chi connectivity index (χ0n) is 13.5. The van der Waals surface area contributed by atoms with Crippen LogP contribution in [0.3, 0.4) is 0 Å². The third kappa shape index (κ3) is 4.08. The first kappa shape index (κ1) is 16.4. The molecule has 7 nitrogen and oxygen atoms in total. The molecular formula is C18H16N4O3. The number of hydrogen-bond acceptors (Lipinski definition) is 5. The normalized spacial score (nSPS) is 10.3. The molecule has 3 rings (SSSR count). The minimum absolute atomic E-state index is 0.130. The highest BCUT2D eigenvalue weighted by molar-refractivity contribution is 5.91. The van der Waals surface area contributed by atoms with Crippen molar-refractivity contribution in [1.29, 1.82) is 0 Å². The molecule has 2 aromatic heterocycles. The van der Waals surface area contributed by atoms with Gasteiger partial charge in [-0.2, -0.15) is 5.10 Å². The van der Waals surface area contributed by atoms with Crippen LogP contribution >= 0.6 is 0 Å². The van der Waals surface area contributed by atoms with Gasteiger partial charge in [0.1, 0.15) is 11.4 Å². The van der Waals surface area contributed by atoms with E-state index in [9.17, 15) is 9.59 Å². The third-order valence-corrected chi connectivity index (χ3v) is 3.50. The van der Waals surface area contributed by atoms with Crippen molar-refractivity contribution >= 4 is 5.91 Å². The number of amides is 1. The Morgan fingerprint density at radius 2 is 2.00 bits per heavy atom. The summed E-state index contributed by atoms with van der Waals surface area (Å²) in [7, 11) is 0. The molecule has 0 saturated heterocycles. The van der Waals surface area contributed by atoms with Crippen LogP contribution in [0.25, 0.3) is 0 Å². The summed E-state index contributed by atoms with van der Waals surface area (Å²) >= 11 is 0. The molecule has 0 fully saturated rings. The fourth-order valence-electron chi connectivity index (χ4n) is 2.16. The largest absolute Gasteiger partial charge is 0.438 e. The molecule has 7 heteroatoms. The molecule has 0 spiro atoms. The van der Waals surface area contributed by atoms with Gasteiger partial charge < -0.3 is 10.1 Å². The number of hydrogen-bond donors (Lipinski definition) is 2. The lowest BCUT2D eigenvalue weighted by Crippen LogP contribution is -2.25. The van der Waals surface area contributed by atoms with Crippen molar-refractivity contribution in [3.8, 4) is 11.6 Å². The zero-order valence-corrected chi connectivity index (χ0v) is 13.5. The van der Waals surface area contributed by atoms with Gasteiger partial charge in [-0.05, 0) is 30.7 Å². The van der Waals surface area contributed by atoms with Gasteiger partial charge in [0.05, 0.1) is 0 Å². The summed E-state index contributed by atoms with van der Waals surface area (Å²) in [5.74, 6) is 0.726. The van der Waals surface area contributed by atoms with E-state index in [2.05, 4.69) is 20.5 Å². The lowest BCUT2D eigenvalue weighted by atomic mass is 10.2. The summed E-state index contributed by atoms with van der Waals surface area (Å²) in [4.78, 5) is 27.3. The van der Waals surface area contributed by atoms with E-state index < -0.39 is 5.91 Å². The van der Waals surface area contributed by atoms with Crippen molar-refractivity contribution in [2.45, 2.75) is 13.5 Å². The first-order valence-electron chi connectivity index (χ1n) is 7.65. The predicted molar refractivity (Wildman–Crippen MR) is 91.5 cm³/mol. The van der Waals surface area contributed by atoms with E-state index in [1.54, 1.807) is 12.3 Å². The number of rotatable bonds is 5. The minimum Gasteiger partial charge on any atom is -0.438 e. The lowest BCUT2D eigenvalue weighted by molar-refractivity contribution is 0.0944. The molecule has 0 bridgehead atoms. The average Bonchev–Trinajstić information content (AvgIpc) is 2.63. The molecule has 126 valence electrons. The minimum atomic E-state index is -0.401. The van der Waals surface area contributed by atoms with Crippen molar-refractivity contribution in [2.24, 2.45) is 0 Å². The molecule has 0 aliphatic carbocycles. The van der Waals surface area contributed by atoms with E-state index in [-0.39, 0.29) is 17.8 Å². The SMILES string of the molecule is Cc1ccccc1Oc1ncccc1CNC(=O)c1ccc(=O)[nH]n1. The maximum Gasteiger partial charge on any atom is 0.271 e. The van der Waals surface area contributed by atoms with Gasteiger partial charge in [-0.25, -0.2) is 10.1 Å². The van der Waals surface area contributed by atoms with Crippen molar-refractivity contribution in [1.82, 2.24) is 20.5 Å². The molecule has 0 atom stereocenters. The van der Waals surface area contributed by atoms with Gasteiger partial charge in [0.2, 0.25) is 5.88 Å². The van der Waals surface area contributed by atoms with Crippen LogP contribution in [0.4, 0.5) is 0 Å². The molecule has 1 aromatic carbocycles. The average molecular weight is 336 g/mol. The monoisotopic (exact) mass is 336 g/mol. The number of nitrogens with zero attached hydrogens (tertiary/aromatic N) is 2. The standard InChI is InChI=1S/C18H16N4O3/c1-12-5-2-3-7-15(12)25-18-13(6-4-10-19-18)11-20-17(24)14-8-9-16(23)22-21-14/h2-10H,11H2,1H3,(H,20,24)(H,22,23). The molecule has 2 heterocycles. The van der Waals surface area contributed by atoms with Crippen LogP contribution in [-0.4, -0.2) is 21.1 Å². The van der Waals surface area contributed by atoms with Crippen LogP contribution in [0.15, 0.2) is 59.5 Å². The third-order valence-electron chi connectivity index (χ3n) is 3.50. The van der Waals surface area contributed by atoms with Crippen LogP contribution in [0, 0.1) is 6.92 Å². The fourth-order valence-corrected chi connectivity index (χ4v) is 2.16. The summed E-state index contributed by atoms with van der Waals surface area (Å²) in [6.07, 6.45) is 1.63. The molecule has 0 unspecified atom stereocenters. The first-order valence-corrected chi connectivity index (χ1v) is 7.65. The number of aromatic nitrogens is 3. The maximum atomic E-state index is 12.1. The van der Waals surface area contributed by atoms with E-state index in [0.717, 1.165) is 11.1 Å². The molecule has 1 amide bonds. The summed E-state index contributed by atoms with van der Waals surface area (Å²) in [6, 6.07) is 13.8. The van der Waals surface area contributed by atoms with Gasteiger partial charge in [0.15, 0.2) is 0 Å². The number of benzene rings is 1. The molecule has 0 aliphatic rings. The molecule has 0 radical (unpaired) electrons.